The quantitative estimate of drug-likeness (QED) is 0.737. The fraction of sp³-hybridized carbons (Fsp3) is 0.176. The number of hydrogen-bond donors (Lipinski definition) is 0. The van der Waals surface area contributed by atoms with Crippen molar-refractivity contribution in [2.75, 3.05) is 0 Å². The molecule has 0 nitrogen and oxygen atoms in total. The van der Waals surface area contributed by atoms with Crippen LogP contribution in [-0.2, 0) is 32.6 Å². The molecule has 0 amide bonds. The second-order valence-electron chi connectivity index (χ2n) is 4.74. The molecule has 1 aliphatic rings. The van der Waals surface area contributed by atoms with Crippen LogP contribution in [0.4, 0.5) is 0 Å². The van der Waals surface area contributed by atoms with Crippen molar-refractivity contribution in [2.45, 2.75) is 20.3 Å². The number of aryl methyl sites for hydroxylation is 2. The molecule has 0 aliphatic heterocycles. The molecule has 18 heavy (non-hydrogen) atoms. The standard InChI is InChI=1S/C17H16.Zr/c1-12-8-9-13(2)17-15(12)10-11-16(17)14-6-4-3-5-7-14;/h3-9,11H,10H2,1-2H3;. The van der Waals surface area contributed by atoms with E-state index in [0.717, 1.165) is 6.42 Å². The smallest absolute Gasteiger partial charge is 0 e. The summed E-state index contributed by atoms with van der Waals surface area (Å²) in [7, 11) is 0. The molecule has 2 aromatic carbocycles. The van der Waals surface area contributed by atoms with Gasteiger partial charge in [0.05, 0.1) is 0 Å². The van der Waals surface area contributed by atoms with Crippen LogP contribution in [0.2, 0.25) is 0 Å². The summed E-state index contributed by atoms with van der Waals surface area (Å²) >= 11 is 0. The Hall–Kier alpha value is -0.937. The number of allylic oxidation sites excluding steroid dienone is 1. The van der Waals surface area contributed by atoms with Crippen LogP contribution in [0, 0.1) is 13.8 Å². The summed E-state index contributed by atoms with van der Waals surface area (Å²) in [5.74, 6) is 0. The normalized spacial score (nSPS) is 12.7. The van der Waals surface area contributed by atoms with Gasteiger partial charge in [0.1, 0.15) is 0 Å². The van der Waals surface area contributed by atoms with Crippen LogP contribution >= 0.6 is 0 Å². The van der Waals surface area contributed by atoms with E-state index < -0.39 is 0 Å². The largest absolute Gasteiger partial charge is 0.0716 e. The molecular formula is C17H16Zr. The minimum Gasteiger partial charge on any atom is -0.0716 e. The first-order chi connectivity index (χ1) is 8.27. The van der Waals surface area contributed by atoms with Gasteiger partial charge in [-0.2, -0.15) is 0 Å². The summed E-state index contributed by atoms with van der Waals surface area (Å²) in [5, 5.41) is 0. The third-order valence-electron chi connectivity index (χ3n) is 3.62. The SMILES string of the molecule is Cc1ccc(C)c2c1CC=C2c1ccccc1.[Zr]. The van der Waals surface area contributed by atoms with E-state index in [1.807, 2.05) is 0 Å². The molecule has 0 spiro atoms. The first-order valence-electron chi connectivity index (χ1n) is 6.12. The van der Waals surface area contributed by atoms with E-state index in [-0.39, 0.29) is 26.2 Å². The van der Waals surface area contributed by atoms with E-state index in [9.17, 15) is 0 Å². The van der Waals surface area contributed by atoms with Crippen molar-refractivity contribution in [3.8, 4) is 0 Å². The minimum atomic E-state index is 0. The molecule has 0 fully saturated rings. The van der Waals surface area contributed by atoms with E-state index in [1.54, 1.807) is 0 Å². The number of hydrogen-bond acceptors (Lipinski definition) is 0. The average molecular weight is 312 g/mol. The topological polar surface area (TPSA) is 0 Å². The van der Waals surface area contributed by atoms with E-state index in [0.29, 0.717) is 0 Å². The van der Waals surface area contributed by atoms with Crippen LogP contribution in [0.1, 0.15) is 27.8 Å². The minimum absolute atomic E-state index is 0. The Balaban J connectivity index is 0.00000120. The Kier molecular flexibility index (Phi) is 4.02. The number of rotatable bonds is 1. The molecule has 0 bridgehead atoms. The average Bonchev–Trinajstić information content (AvgIpc) is 2.81. The summed E-state index contributed by atoms with van der Waals surface area (Å²) in [6.45, 7) is 4.42. The zero-order chi connectivity index (χ0) is 11.8. The van der Waals surface area contributed by atoms with Crippen molar-refractivity contribution in [1.29, 1.82) is 0 Å². The molecular weight excluding hydrogens is 295 g/mol. The van der Waals surface area contributed by atoms with Crippen molar-refractivity contribution < 1.29 is 26.2 Å². The third kappa shape index (κ3) is 2.17. The van der Waals surface area contributed by atoms with E-state index >= 15 is 0 Å². The van der Waals surface area contributed by atoms with Crippen molar-refractivity contribution in [2.24, 2.45) is 0 Å². The first kappa shape index (κ1) is 13.5. The molecule has 88 valence electrons. The fourth-order valence-electron chi connectivity index (χ4n) is 2.69. The Morgan fingerprint density at radius 3 is 2.22 bits per heavy atom. The molecule has 0 saturated heterocycles. The van der Waals surface area contributed by atoms with Crippen molar-refractivity contribution >= 4 is 5.57 Å². The first-order valence-corrected chi connectivity index (χ1v) is 6.12. The zero-order valence-electron chi connectivity index (χ0n) is 10.8. The van der Waals surface area contributed by atoms with Gasteiger partial charge < -0.3 is 0 Å². The van der Waals surface area contributed by atoms with Gasteiger partial charge in [-0.3, -0.25) is 0 Å². The molecule has 0 heterocycles. The Labute approximate surface area is 128 Å². The van der Waals surface area contributed by atoms with Gasteiger partial charge in [-0.05, 0) is 53.7 Å². The molecule has 0 radical (unpaired) electrons. The van der Waals surface area contributed by atoms with Gasteiger partial charge in [0, 0.05) is 26.2 Å². The van der Waals surface area contributed by atoms with Gasteiger partial charge in [-0.15, -0.1) is 0 Å². The van der Waals surface area contributed by atoms with Gasteiger partial charge in [-0.1, -0.05) is 48.5 Å². The molecule has 2 aromatic rings. The summed E-state index contributed by atoms with van der Waals surface area (Å²) < 4.78 is 0. The fourth-order valence-corrected chi connectivity index (χ4v) is 2.69. The number of benzene rings is 2. The maximum atomic E-state index is 2.36. The van der Waals surface area contributed by atoms with Gasteiger partial charge in [-0.25, -0.2) is 0 Å². The molecule has 3 rings (SSSR count). The molecule has 1 aliphatic carbocycles. The Bertz CT molecular complexity index is 595. The molecule has 1 heteroatoms. The van der Waals surface area contributed by atoms with E-state index in [4.69, 9.17) is 0 Å². The van der Waals surface area contributed by atoms with Gasteiger partial charge in [0.2, 0.25) is 0 Å². The molecule has 0 unspecified atom stereocenters. The Morgan fingerprint density at radius 2 is 1.50 bits per heavy atom. The third-order valence-corrected chi connectivity index (χ3v) is 3.62. The van der Waals surface area contributed by atoms with E-state index in [1.165, 1.54) is 33.4 Å². The zero-order valence-corrected chi connectivity index (χ0v) is 13.3. The van der Waals surface area contributed by atoms with Gasteiger partial charge in [0.25, 0.3) is 0 Å². The monoisotopic (exact) mass is 310 g/mol. The molecule has 0 N–H and O–H groups in total. The summed E-state index contributed by atoms with van der Waals surface area (Å²) in [5.41, 5.74) is 8.49. The maximum absolute atomic E-state index is 2.36. The van der Waals surface area contributed by atoms with Gasteiger partial charge >= 0.3 is 0 Å². The second kappa shape index (κ2) is 5.37. The molecule has 0 saturated carbocycles. The van der Waals surface area contributed by atoms with Crippen LogP contribution in [0.25, 0.3) is 5.57 Å². The molecule has 0 atom stereocenters. The van der Waals surface area contributed by atoms with Crippen molar-refractivity contribution in [3.63, 3.8) is 0 Å². The predicted octanol–water partition coefficient (Wildman–Crippen LogP) is 4.29. The van der Waals surface area contributed by atoms with Crippen LogP contribution in [-0.4, -0.2) is 0 Å². The molecule has 0 aromatic heterocycles. The summed E-state index contributed by atoms with van der Waals surface area (Å²) in [6.07, 6.45) is 3.44. The predicted molar refractivity (Wildman–Crippen MR) is 73.1 cm³/mol. The second-order valence-corrected chi connectivity index (χ2v) is 4.74. The van der Waals surface area contributed by atoms with Crippen LogP contribution < -0.4 is 0 Å². The van der Waals surface area contributed by atoms with Crippen molar-refractivity contribution in [3.05, 3.63) is 76.4 Å². The van der Waals surface area contributed by atoms with Gasteiger partial charge in [0.15, 0.2) is 0 Å². The van der Waals surface area contributed by atoms with Crippen molar-refractivity contribution in [1.82, 2.24) is 0 Å². The Morgan fingerprint density at radius 1 is 0.833 bits per heavy atom. The summed E-state index contributed by atoms with van der Waals surface area (Å²) in [4.78, 5) is 0. The van der Waals surface area contributed by atoms with Crippen LogP contribution in [0.5, 0.6) is 0 Å². The van der Waals surface area contributed by atoms with Crippen LogP contribution in [0.15, 0.2) is 48.5 Å². The van der Waals surface area contributed by atoms with E-state index in [2.05, 4.69) is 62.4 Å². The maximum Gasteiger partial charge on any atom is 0 e. The summed E-state index contributed by atoms with van der Waals surface area (Å²) in [6, 6.07) is 15.2. The number of fused-ring (bicyclic) bond motifs is 1. The van der Waals surface area contributed by atoms with Crippen LogP contribution in [0.3, 0.4) is 0 Å².